The van der Waals surface area contributed by atoms with Crippen LogP contribution in [0.3, 0.4) is 0 Å². The van der Waals surface area contributed by atoms with Crippen LogP contribution in [0, 0.1) is 12.7 Å². The molecular formula is C21H16Cl2FNO. The third kappa shape index (κ3) is 4.43. The van der Waals surface area contributed by atoms with Gasteiger partial charge in [0.1, 0.15) is 18.2 Å². The second-order valence-corrected chi connectivity index (χ2v) is 6.55. The molecule has 0 spiro atoms. The molecule has 0 saturated carbocycles. The number of hydrogen-bond acceptors (Lipinski definition) is 2. The van der Waals surface area contributed by atoms with Crippen LogP contribution >= 0.6 is 23.2 Å². The van der Waals surface area contributed by atoms with Crippen LogP contribution in [0.25, 0.3) is 0 Å². The third-order valence-corrected chi connectivity index (χ3v) is 4.54. The number of ether oxygens (including phenoxy) is 1. The number of rotatable bonds is 5. The van der Waals surface area contributed by atoms with Crippen molar-refractivity contribution in [3.05, 3.63) is 93.2 Å². The van der Waals surface area contributed by atoms with Crippen LogP contribution in [0.4, 0.5) is 10.1 Å². The van der Waals surface area contributed by atoms with Crippen molar-refractivity contribution in [2.24, 2.45) is 4.99 Å². The lowest BCUT2D eigenvalue weighted by atomic mass is 10.2. The van der Waals surface area contributed by atoms with Gasteiger partial charge in [0.2, 0.25) is 0 Å². The first-order valence-electron chi connectivity index (χ1n) is 7.99. The molecular weight excluding hydrogens is 372 g/mol. The highest BCUT2D eigenvalue weighted by Crippen LogP contribution is 2.27. The molecule has 0 N–H and O–H groups in total. The molecule has 0 aromatic heterocycles. The van der Waals surface area contributed by atoms with Crippen molar-refractivity contribution in [3.63, 3.8) is 0 Å². The van der Waals surface area contributed by atoms with Crippen molar-refractivity contribution < 1.29 is 9.13 Å². The van der Waals surface area contributed by atoms with Crippen LogP contribution in [0.15, 0.2) is 65.7 Å². The van der Waals surface area contributed by atoms with Crippen molar-refractivity contribution in [2.45, 2.75) is 13.5 Å². The first kappa shape index (κ1) is 18.4. The van der Waals surface area contributed by atoms with E-state index in [1.54, 1.807) is 42.6 Å². The number of halogens is 3. The van der Waals surface area contributed by atoms with Gasteiger partial charge in [0.25, 0.3) is 0 Å². The van der Waals surface area contributed by atoms with E-state index >= 15 is 0 Å². The lowest BCUT2D eigenvalue weighted by Gasteiger charge is -2.10. The summed E-state index contributed by atoms with van der Waals surface area (Å²) in [6, 6.07) is 17.3. The molecule has 0 unspecified atom stereocenters. The molecule has 0 heterocycles. The Balaban J connectivity index is 1.85. The Labute approximate surface area is 161 Å². The Morgan fingerprint density at radius 1 is 1.04 bits per heavy atom. The molecule has 0 amide bonds. The van der Waals surface area contributed by atoms with E-state index in [0.29, 0.717) is 26.9 Å². The Hall–Kier alpha value is -2.36. The van der Waals surface area contributed by atoms with E-state index in [-0.39, 0.29) is 12.4 Å². The van der Waals surface area contributed by atoms with E-state index in [2.05, 4.69) is 4.99 Å². The molecule has 0 bridgehead atoms. The Bertz CT molecular complexity index is 956. The summed E-state index contributed by atoms with van der Waals surface area (Å²) in [5, 5.41) is 1.22. The molecule has 0 aliphatic carbocycles. The number of benzene rings is 3. The van der Waals surface area contributed by atoms with E-state index in [4.69, 9.17) is 27.9 Å². The largest absolute Gasteiger partial charge is 0.488 e. The van der Waals surface area contributed by atoms with Crippen LogP contribution in [0.2, 0.25) is 10.0 Å². The zero-order valence-electron chi connectivity index (χ0n) is 14.0. The second-order valence-electron chi connectivity index (χ2n) is 5.70. The molecule has 132 valence electrons. The third-order valence-electron chi connectivity index (χ3n) is 3.89. The van der Waals surface area contributed by atoms with Gasteiger partial charge >= 0.3 is 0 Å². The first-order chi connectivity index (χ1) is 12.5. The summed E-state index contributed by atoms with van der Waals surface area (Å²) in [7, 11) is 0. The highest BCUT2D eigenvalue weighted by molar-refractivity contribution is 6.31. The molecule has 0 aliphatic heterocycles. The van der Waals surface area contributed by atoms with Crippen molar-refractivity contribution in [2.75, 3.05) is 0 Å². The Morgan fingerprint density at radius 2 is 1.85 bits per heavy atom. The fourth-order valence-electron chi connectivity index (χ4n) is 2.40. The maximum atomic E-state index is 13.8. The van der Waals surface area contributed by atoms with Crippen molar-refractivity contribution in [1.82, 2.24) is 0 Å². The molecule has 0 fully saturated rings. The average Bonchev–Trinajstić information content (AvgIpc) is 2.63. The predicted molar refractivity (Wildman–Crippen MR) is 106 cm³/mol. The standard InChI is InChI=1S/C21H16Cl2FNO/c1-14-18(23)6-4-8-20(14)25-12-16-11-17(22)9-10-21(16)26-13-15-5-2-3-7-19(15)24/h2-12H,13H2,1H3. The van der Waals surface area contributed by atoms with Crippen LogP contribution in [0.1, 0.15) is 16.7 Å². The zero-order chi connectivity index (χ0) is 18.5. The Kier molecular flexibility index (Phi) is 5.92. The summed E-state index contributed by atoms with van der Waals surface area (Å²) in [6.07, 6.45) is 1.67. The van der Waals surface area contributed by atoms with E-state index < -0.39 is 0 Å². The highest BCUT2D eigenvalue weighted by Gasteiger charge is 2.07. The zero-order valence-corrected chi connectivity index (χ0v) is 15.6. The van der Waals surface area contributed by atoms with Gasteiger partial charge in [0, 0.05) is 27.4 Å². The minimum absolute atomic E-state index is 0.116. The molecule has 3 aromatic carbocycles. The average molecular weight is 388 g/mol. The van der Waals surface area contributed by atoms with Crippen LogP contribution < -0.4 is 4.74 Å². The van der Waals surface area contributed by atoms with Gasteiger partial charge in [-0.15, -0.1) is 0 Å². The van der Waals surface area contributed by atoms with Gasteiger partial charge in [-0.3, -0.25) is 4.99 Å². The van der Waals surface area contributed by atoms with E-state index in [1.165, 1.54) is 6.07 Å². The maximum absolute atomic E-state index is 13.8. The van der Waals surface area contributed by atoms with Crippen molar-refractivity contribution in [3.8, 4) is 5.75 Å². The van der Waals surface area contributed by atoms with E-state index in [9.17, 15) is 4.39 Å². The first-order valence-corrected chi connectivity index (χ1v) is 8.75. The van der Waals surface area contributed by atoms with Gasteiger partial charge in [-0.2, -0.15) is 0 Å². The summed E-state index contributed by atoms with van der Waals surface area (Å²) >= 11 is 12.2. The molecule has 3 rings (SSSR count). The number of nitrogens with zero attached hydrogens (tertiary/aromatic N) is 1. The molecule has 5 heteroatoms. The smallest absolute Gasteiger partial charge is 0.129 e. The minimum Gasteiger partial charge on any atom is -0.488 e. The van der Waals surface area contributed by atoms with E-state index in [1.807, 2.05) is 25.1 Å². The summed E-state index contributed by atoms with van der Waals surface area (Å²) < 4.78 is 19.6. The number of aliphatic imine (C=N–C) groups is 1. The van der Waals surface area contributed by atoms with Gasteiger partial charge in [-0.1, -0.05) is 47.5 Å². The number of hydrogen-bond donors (Lipinski definition) is 0. The van der Waals surface area contributed by atoms with E-state index in [0.717, 1.165) is 11.3 Å². The van der Waals surface area contributed by atoms with Crippen LogP contribution in [0.5, 0.6) is 5.75 Å². The molecule has 26 heavy (non-hydrogen) atoms. The summed E-state index contributed by atoms with van der Waals surface area (Å²) in [5.41, 5.74) is 2.84. The quantitative estimate of drug-likeness (QED) is 0.442. The lowest BCUT2D eigenvalue weighted by molar-refractivity contribution is 0.299. The van der Waals surface area contributed by atoms with Crippen LogP contribution in [-0.2, 0) is 6.61 Å². The fraction of sp³-hybridized carbons (Fsp3) is 0.0952. The minimum atomic E-state index is -0.300. The van der Waals surface area contributed by atoms with Gasteiger partial charge in [0.15, 0.2) is 0 Å². The molecule has 3 aromatic rings. The molecule has 0 saturated heterocycles. The molecule has 2 nitrogen and oxygen atoms in total. The predicted octanol–water partition coefficient (Wildman–Crippen LogP) is 6.77. The van der Waals surface area contributed by atoms with Gasteiger partial charge < -0.3 is 4.74 Å². The van der Waals surface area contributed by atoms with Crippen molar-refractivity contribution in [1.29, 1.82) is 0 Å². The second kappa shape index (κ2) is 8.35. The highest BCUT2D eigenvalue weighted by atomic mass is 35.5. The SMILES string of the molecule is Cc1c(Cl)cccc1N=Cc1cc(Cl)ccc1OCc1ccccc1F. The fourth-order valence-corrected chi connectivity index (χ4v) is 2.75. The molecule has 0 radical (unpaired) electrons. The molecule has 0 atom stereocenters. The molecule has 0 aliphatic rings. The normalized spacial score (nSPS) is 11.1. The lowest BCUT2D eigenvalue weighted by Crippen LogP contribution is -2.00. The topological polar surface area (TPSA) is 21.6 Å². The summed E-state index contributed by atoms with van der Waals surface area (Å²) in [6.45, 7) is 2.02. The monoisotopic (exact) mass is 387 g/mol. The maximum Gasteiger partial charge on any atom is 0.129 e. The summed E-state index contributed by atoms with van der Waals surface area (Å²) in [4.78, 5) is 4.49. The van der Waals surface area contributed by atoms with Crippen LogP contribution in [-0.4, -0.2) is 6.21 Å². The summed E-state index contributed by atoms with van der Waals surface area (Å²) in [5.74, 6) is 0.271. The Morgan fingerprint density at radius 3 is 2.65 bits per heavy atom. The van der Waals surface area contributed by atoms with Gasteiger partial charge in [-0.05, 0) is 48.9 Å². The van der Waals surface area contributed by atoms with Gasteiger partial charge in [-0.25, -0.2) is 4.39 Å². The van der Waals surface area contributed by atoms with Gasteiger partial charge in [0.05, 0.1) is 5.69 Å². The van der Waals surface area contributed by atoms with Crippen molar-refractivity contribution >= 4 is 35.1 Å².